The van der Waals surface area contributed by atoms with Crippen LogP contribution in [-0.2, 0) is 9.53 Å². The lowest BCUT2D eigenvalue weighted by Crippen LogP contribution is -2.45. The van der Waals surface area contributed by atoms with E-state index < -0.39 is 23.9 Å². The van der Waals surface area contributed by atoms with Crippen molar-refractivity contribution in [1.82, 2.24) is 10.6 Å². The Morgan fingerprint density at radius 1 is 1.48 bits per heavy atom. The summed E-state index contributed by atoms with van der Waals surface area (Å²) in [7, 11) is 0. The Labute approximate surface area is 135 Å². The number of allylic oxidation sites excluding steroid dienone is 1. The first-order valence-corrected chi connectivity index (χ1v) is 7.42. The van der Waals surface area contributed by atoms with Gasteiger partial charge in [0, 0.05) is 14.8 Å². The van der Waals surface area contributed by atoms with E-state index in [-0.39, 0.29) is 17.7 Å². The van der Waals surface area contributed by atoms with Crippen molar-refractivity contribution in [3.8, 4) is 0 Å². The van der Waals surface area contributed by atoms with Crippen molar-refractivity contribution in [2.45, 2.75) is 19.9 Å². The van der Waals surface area contributed by atoms with Crippen molar-refractivity contribution in [2.75, 3.05) is 6.61 Å². The fourth-order valence-electron chi connectivity index (χ4n) is 2.14. The Bertz CT molecular complexity index is 631. The Kier molecular flexibility index (Phi) is 4.81. The lowest BCUT2D eigenvalue weighted by molar-refractivity contribution is -0.139. The first kappa shape index (κ1) is 15.7. The van der Waals surface area contributed by atoms with Gasteiger partial charge >= 0.3 is 12.0 Å². The van der Waals surface area contributed by atoms with Crippen molar-refractivity contribution >= 4 is 34.6 Å². The molecule has 0 saturated carbocycles. The van der Waals surface area contributed by atoms with Crippen LogP contribution in [-0.4, -0.2) is 18.6 Å². The van der Waals surface area contributed by atoms with E-state index >= 15 is 0 Å². The third-order valence-corrected chi connectivity index (χ3v) is 3.70. The number of ether oxygens (including phenoxy) is 1. The van der Waals surface area contributed by atoms with Gasteiger partial charge in [-0.3, -0.25) is 0 Å². The molecule has 1 atom stereocenters. The van der Waals surface area contributed by atoms with Gasteiger partial charge in [-0.15, -0.1) is 0 Å². The Morgan fingerprint density at radius 3 is 2.86 bits per heavy atom. The van der Waals surface area contributed by atoms with Crippen LogP contribution in [0.4, 0.5) is 9.18 Å². The maximum absolute atomic E-state index is 14.1. The molecule has 0 bridgehead atoms. The number of esters is 1. The number of halogens is 2. The van der Waals surface area contributed by atoms with Crippen LogP contribution in [0.3, 0.4) is 0 Å². The van der Waals surface area contributed by atoms with E-state index in [1.165, 1.54) is 6.07 Å². The number of amides is 2. The van der Waals surface area contributed by atoms with E-state index in [1.54, 1.807) is 26.0 Å². The van der Waals surface area contributed by atoms with E-state index in [2.05, 4.69) is 10.6 Å². The van der Waals surface area contributed by atoms with Crippen LogP contribution in [0.1, 0.15) is 25.5 Å². The van der Waals surface area contributed by atoms with Crippen LogP contribution < -0.4 is 10.6 Å². The van der Waals surface area contributed by atoms with Crippen molar-refractivity contribution in [1.29, 1.82) is 0 Å². The Balaban J connectivity index is 2.52. The summed E-state index contributed by atoms with van der Waals surface area (Å²) in [6.45, 7) is 3.47. The number of hydrogen-bond acceptors (Lipinski definition) is 3. The highest BCUT2D eigenvalue weighted by Gasteiger charge is 2.33. The first-order valence-electron chi connectivity index (χ1n) is 6.34. The molecule has 2 N–H and O–H groups in total. The van der Waals surface area contributed by atoms with Gasteiger partial charge in [0.05, 0.1) is 18.2 Å². The van der Waals surface area contributed by atoms with Crippen molar-refractivity contribution in [3.05, 3.63) is 44.4 Å². The molecule has 0 fully saturated rings. The van der Waals surface area contributed by atoms with E-state index in [4.69, 9.17) is 4.74 Å². The zero-order chi connectivity index (χ0) is 15.6. The molecule has 1 heterocycles. The summed E-state index contributed by atoms with van der Waals surface area (Å²) in [5.41, 5.74) is 0.803. The molecule has 1 aromatic rings. The standard InChI is InChI=1S/C14H14FIN2O3/c1-3-21-13(19)11-7(2)17-14(20)18-12(11)9-6-8(16)4-5-10(9)15/h4-6,12H,3H2,1-2H3,(H2,17,18,20)/t12-/m1/s1. The number of carbonyl (C=O) groups is 2. The van der Waals surface area contributed by atoms with Crippen LogP contribution in [0.2, 0.25) is 0 Å². The van der Waals surface area contributed by atoms with E-state index in [1.807, 2.05) is 22.6 Å². The molecular formula is C14H14FIN2O3. The summed E-state index contributed by atoms with van der Waals surface area (Å²) in [5.74, 6) is -1.07. The van der Waals surface area contributed by atoms with Crippen LogP contribution in [0.15, 0.2) is 29.5 Å². The average molecular weight is 404 g/mol. The van der Waals surface area contributed by atoms with E-state index in [0.717, 1.165) is 3.57 Å². The monoisotopic (exact) mass is 404 g/mol. The number of rotatable bonds is 3. The molecule has 2 rings (SSSR count). The molecule has 0 spiro atoms. The van der Waals surface area contributed by atoms with Gasteiger partial charge in [0.15, 0.2) is 0 Å². The minimum Gasteiger partial charge on any atom is -0.463 e. The smallest absolute Gasteiger partial charge is 0.338 e. The van der Waals surface area contributed by atoms with E-state index in [9.17, 15) is 14.0 Å². The van der Waals surface area contributed by atoms with Gasteiger partial charge in [0.2, 0.25) is 0 Å². The zero-order valence-electron chi connectivity index (χ0n) is 11.5. The third kappa shape index (κ3) is 3.34. The molecule has 0 aromatic heterocycles. The SMILES string of the molecule is CCOC(=O)C1=C(C)NC(=O)N[C@@H]1c1cc(I)ccc1F. The predicted octanol–water partition coefficient (Wildman–Crippen LogP) is 2.62. The molecule has 112 valence electrons. The third-order valence-electron chi connectivity index (χ3n) is 3.03. The summed E-state index contributed by atoms with van der Waals surface area (Å²) in [5, 5.41) is 5.08. The Morgan fingerprint density at radius 2 is 2.19 bits per heavy atom. The summed E-state index contributed by atoms with van der Waals surface area (Å²) in [6, 6.07) is 3.17. The quantitative estimate of drug-likeness (QED) is 0.602. The summed E-state index contributed by atoms with van der Waals surface area (Å²) >= 11 is 2.04. The first-order chi connectivity index (χ1) is 9.93. The molecule has 5 nitrogen and oxygen atoms in total. The average Bonchev–Trinajstić information content (AvgIpc) is 2.40. The fourth-order valence-corrected chi connectivity index (χ4v) is 2.66. The van der Waals surface area contributed by atoms with Crippen LogP contribution >= 0.6 is 22.6 Å². The summed E-state index contributed by atoms with van der Waals surface area (Å²) in [4.78, 5) is 23.7. The number of carbonyl (C=O) groups excluding carboxylic acids is 2. The molecule has 1 aliphatic rings. The van der Waals surface area contributed by atoms with Crippen LogP contribution in [0, 0.1) is 9.39 Å². The maximum atomic E-state index is 14.1. The molecular weight excluding hydrogens is 390 g/mol. The summed E-state index contributed by atoms with van der Waals surface area (Å²) < 4.78 is 19.9. The molecule has 1 aromatic carbocycles. The number of benzene rings is 1. The normalized spacial score (nSPS) is 18.1. The highest BCUT2D eigenvalue weighted by atomic mass is 127. The molecule has 21 heavy (non-hydrogen) atoms. The topological polar surface area (TPSA) is 67.4 Å². The minimum absolute atomic E-state index is 0.199. The lowest BCUT2D eigenvalue weighted by Gasteiger charge is -2.28. The second kappa shape index (κ2) is 6.42. The van der Waals surface area contributed by atoms with Crippen molar-refractivity contribution in [2.24, 2.45) is 0 Å². The van der Waals surface area contributed by atoms with E-state index in [0.29, 0.717) is 5.70 Å². The van der Waals surface area contributed by atoms with Gasteiger partial charge in [-0.05, 0) is 54.6 Å². The molecule has 0 aliphatic carbocycles. The lowest BCUT2D eigenvalue weighted by atomic mass is 9.95. The van der Waals surface area contributed by atoms with Gasteiger partial charge in [0.25, 0.3) is 0 Å². The van der Waals surface area contributed by atoms with Gasteiger partial charge in [-0.25, -0.2) is 14.0 Å². The van der Waals surface area contributed by atoms with Crippen molar-refractivity contribution in [3.63, 3.8) is 0 Å². The van der Waals surface area contributed by atoms with Gasteiger partial charge in [0.1, 0.15) is 5.82 Å². The largest absolute Gasteiger partial charge is 0.463 e. The Hall–Kier alpha value is -1.64. The summed E-state index contributed by atoms with van der Waals surface area (Å²) in [6.07, 6.45) is 0. The number of hydrogen-bond donors (Lipinski definition) is 2. The molecule has 7 heteroatoms. The number of urea groups is 1. The number of nitrogens with one attached hydrogen (secondary N) is 2. The van der Waals surface area contributed by atoms with Gasteiger partial charge in [-0.1, -0.05) is 0 Å². The molecule has 0 saturated heterocycles. The maximum Gasteiger partial charge on any atom is 0.338 e. The zero-order valence-corrected chi connectivity index (χ0v) is 13.7. The minimum atomic E-state index is -0.868. The molecule has 2 amide bonds. The van der Waals surface area contributed by atoms with Crippen molar-refractivity contribution < 1.29 is 18.7 Å². The highest BCUT2D eigenvalue weighted by Crippen LogP contribution is 2.30. The fraction of sp³-hybridized carbons (Fsp3) is 0.286. The molecule has 0 radical (unpaired) electrons. The molecule has 0 unspecified atom stereocenters. The predicted molar refractivity (Wildman–Crippen MR) is 82.9 cm³/mol. The van der Waals surface area contributed by atoms with Gasteiger partial charge in [-0.2, -0.15) is 0 Å². The van der Waals surface area contributed by atoms with Crippen LogP contribution in [0.5, 0.6) is 0 Å². The van der Waals surface area contributed by atoms with Crippen LogP contribution in [0.25, 0.3) is 0 Å². The second-order valence-electron chi connectivity index (χ2n) is 4.46. The highest BCUT2D eigenvalue weighted by molar-refractivity contribution is 14.1. The van der Waals surface area contributed by atoms with Gasteiger partial charge < -0.3 is 15.4 Å². The second-order valence-corrected chi connectivity index (χ2v) is 5.70. The molecule has 1 aliphatic heterocycles.